The number of fused-ring (bicyclic) bond motifs is 2. The number of hydrogen-bond donors (Lipinski definition) is 0. The fourth-order valence-electron chi connectivity index (χ4n) is 5.35. The quantitative estimate of drug-likeness (QED) is 0.536. The Kier molecular flexibility index (Phi) is 6.93. The van der Waals surface area contributed by atoms with Gasteiger partial charge in [-0.1, -0.05) is 24.3 Å². The standard InChI is InChI=1S/C26H31FN2OS2/c27-23-8-6-20(7-9-23)25(30)21-10-14-28(15-11-21)12-3-13-29-18-22-4-1-2-5-24(22)26(19-29)31-16-17-32-26/h1-2,4-9,21H,3,10-19H2. The Morgan fingerprint density at radius 3 is 2.41 bits per heavy atom. The lowest BCUT2D eigenvalue weighted by molar-refractivity contribution is 0.0835. The average molecular weight is 471 g/mol. The molecule has 5 rings (SSSR count). The Labute approximate surface area is 199 Å². The van der Waals surface area contributed by atoms with E-state index in [1.807, 2.05) is 0 Å². The summed E-state index contributed by atoms with van der Waals surface area (Å²) in [5.74, 6) is 2.46. The second-order valence-corrected chi connectivity index (χ2v) is 12.2. The van der Waals surface area contributed by atoms with Gasteiger partial charge in [0.2, 0.25) is 0 Å². The highest BCUT2D eigenvalue weighted by Gasteiger charge is 2.43. The SMILES string of the molecule is O=C(c1ccc(F)cc1)C1CCN(CCCN2Cc3ccccc3C3(C2)SCCS3)CC1. The van der Waals surface area contributed by atoms with Crippen molar-refractivity contribution in [2.24, 2.45) is 5.92 Å². The van der Waals surface area contributed by atoms with Crippen molar-refractivity contribution in [1.82, 2.24) is 9.80 Å². The van der Waals surface area contributed by atoms with Crippen molar-refractivity contribution in [3.05, 3.63) is 71.0 Å². The van der Waals surface area contributed by atoms with Crippen LogP contribution in [0.15, 0.2) is 48.5 Å². The normalized spacial score (nSPS) is 21.7. The first-order valence-electron chi connectivity index (χ1n) is 11.7. The highest BCUT2D eigenvalue weighted by atomic mass is 32.2. The van der Waals surface area contributed by atoms with Crippen LogP contribution in [0.3, 0.4) is 0 Å². The zero-order chi connectivity index (χ0) is 22.0. The topological polar surface area (TPSA) is 23.6 Å². The number of nitrogens with zero attached hydrogens (tertiary/aromatic N) is 2. The molecule has 3 aliphatic heterocycles. The summed E-state index contributed by atoms with van der Waals surface area (Å²) in [5, 5.41) is 0. The summed E-state index contributed by atoms with van der Waals surface area (Å²) in [4.78, 5) is 17.9. The Bertz CT molecular complexity index is 937. The van der Waals surface area contributed by atoms with Gasteiger partial charge in [-0.15, -0.1) is 23.5 Å². The van der Waals surface area contributed by atoms with Gasteiger partial charge in [0.1, 0.15) is 5.82 Å². The molecule has 2 saturated heterocycles. The summed E-state index contributed by atoms with van der Waals surface area (Å²) in [5.41, 5.74) is 3.70. The monoisotopic (exact) mass is 470 g/mol. The van der Waals surface area contributed by atoms with E-state index in [-0.39, 0.29) is 21.6 Å². The van der Waals surface area contributed by atoms with Gasteiger partial charge in [-0.3, -0.25) is 9.69 Å². The van der Waals surface area contributed by atoms with Gasteiger partial charge in [-0.2, -0.15) is 0 Å². The van der Waals surface area contributed by atoms with Gasteiger partial charge in [0.15, 0.2) is 5.78 Å². The third-order valence-corrected chi connectivity index (χ3v) is 10.5. The van der Waals surface area contributed by atoms with Crippen LogP contribution in [0.5, 0.6) is 0 Å². The summed E-state index contributed by atoms with van der Waals surface area (Å²) < 4.78 is 13.4. The number of Topliss-reactive ketones (excluding diaryl/α,β-unsaturated/α-hetero) is 1. The largest absolute Gasteiger partial charge is 0.303 e. The molecule has 170 valence electrons. The Morgan fingerprint density at radius 1 is 0.969 bits per heavy atom. The van der Waals surface area contributed by atoms with Gasteiger partial charge in [-0.05, 0) is 80.8 Å². The molecule has 0 bridgehead atoms. The summed E-state index contributed by atoms with van der Waals surface area (Å²) in [6.45, 7) is 6.40. The Balaban J connectivity index is 1.10. The van der Waals surface area contributed by atoms with Gasteiger partial charge < -0.3 is 4.90 Å². The molecule has 0 atom stereocenters. The molecule has 32 heavy (non-hydrogen) atoms. The van der Waals surface area contributed by atoms with Crippen molar-refractivity contribution < 1.29 is 9.18 Å². The van der Waals surface area contributed by atoms with Crippen LogP contribution in [0.25, 0.3) is 0 Å². The zero-order valence-corrected chi connectivity index (χ0v) is 20.1. The molecule has 6 heteroatoms. The number of benzene rings is 2. The molecule has 0 aromatic heterocycles. The minimum atomic E-state index is -0.287. The molecule has 2 fully saturated rings. The van der Waals surface area contributed by atoms with Crippen LogP contribution in [0.4, 0.5) is 4.39 Å². The highest BCUT2D eigenvalue weighted by Crippen LogP contribution is 2.55. The third-order valence-electron chi connectivity index (χ3n) is 7.04. The number of thioether (sulfide) groups is 2. The number of carbonyl (C=O) groups excluding carboxylic acids is 1. The average Bonchev–Trinajstić information content (AvgIpc) is 3.28. The highest BCUT2D eigenvalue weighted by molar-refractivity contribution is 8.20. The number of rotatable bonds is 6. The van der Waals surface area contributed by atoms with Gasteiger partial charge in [0.05, 0.1) is 4.08 Å². The van der Waals surface area contributed by atoms with Crippen molar-refractivity contribution >= 4 is 29.3 Å². The molecule has 2 aromatic carbocycles. The lowest BCUT2D eigenvalue weighted by Crippen LogP contribution is -2.42. The number of likely N-dealkylation sites (tertiary alicyclic amines) is 1. The second-order valence-electron chi connectivity index (χ2n) is 9.16. The first kappa shape index (κ1) is 22.5. The van der Waals surface area contributed by atoms with E-state index in [1.165, 1.54) is 35.6 Å². The molecule has 0 N–H and O–H groups in total. The van der Waals surface area contributed by atoms with Crippen molar-refractivity contribution in [3.8, 4) is 0 Å². The van der Waals surface area contributed by atoms with E-state index < -0.39 is 0 Å². The fraction of sp³-hybridized carbons (Fsp3) is 0.500. The Morgan fingerprint density at radius 2 is 1.66 bits per heavy atom. The van der Waals surface area contributed by atoms with Gasteiger partial charge in [0.25, 0.3) is 0 Å². The van der Waals surface area contributed by atoms with Crippen LogP contribution in [-0.2, 0) is 10.6 Å². The van der Waals surface area contributed by atoms with Crippen LogP contribution in [0, 0.1) is 11.7 Å². The first-order valence-corrected chi connectivity index (χ1v) is 13.7. The lowest BCUT2D eigenvalue weighted by Gasteiger charge is -2.41. The van der Waals surface area contributed by atoms with Crippen LogP contribution in [0.2, 0.25) is 0 Å². The molecule has 0 amide bonds. The van der Waals surface area contributed by atoms with E-state index in [0.717, 1.165) is 52.1 Å². The Hall–Kier alpha value is -1.34. The minimum absolute atomic E-state index is 0.0755. The zero-order valence-electron chi connectivity index (χ0n) is 18.5. The summed E-state index contributed by atoms with van der Waals surface area (Å²) in [6.07, 6.45) is 2.98. The van der Waals surface area contributed by atoms with Crippen LogP contribution in [-0.4, -0.2) is 59.8 Å². The lowest BCUT2D eigenvalue weighted by atomic mass is 9.89. The van der Waals surface area contributed by atoms with Crippen molar-refractivity contribution in [2.45, 2.75) is 29.9 Å². The van der Waals surface area contributed by atoms with E-state index in [0.29, 0.717) is 5.56 Å². The van der Waals surface area contributed by atoms with Crippen molar-refractivity contribution in [1.29, 1.82) is 0 Å². The maximum absolute atomic E-state index is 13.1. The van der Waals surface area contributed by atoms with Crippen LogP contribution >= 0.6 is 23.5 Å². The molecule has 3 nitrogen and oxygen atoms in total. The van der Waals surface area contributed by atoms with Crippen molar-refractivity contribution in [2.75, 3.05) is 44.2 Å². The maximum Gasteiger partial charge on any atom is 0.166 e. The molecule has 0 aliphatic carbocycles. The van der Waals surface area contributed by atoms with Crippen LogP contribution < -0.4 is 0 Å². The van der Waals surface area contributed by atoms with Gasteiger partial charge in [-0.25, -0.2) is 4.39 Å². The molecule has 1 spiro atoms. The molecular weight excluding hydrogens is 439 g/mol. The fourth-order valence-corrected chi connectivity index (χ4v) is 8.77. The van der Waals surface area contributed by atoms with Crippen molar-refractivity contribution in [3.63, 3.8) is 0 Å². The number of carbonyl (C=O) groups is 1. The summed E-state index contributed by atoms with van der Waals surface area (Å²) in [6, 6.07) is 15.0. The summed E-state index contributed by atoms with van der Waals surface area (Å²) in [7, 11) is 0. The first-order chi connectivity index (χ1) is 15.6. The van der Waals surface area contributed by atoms with E-state index in [2.05, 4.69) is 57.6 Å². The van der Waals surface area contributed by atoms with E-state index in [1.54, 1.807) is 17.7 Å². The minimum Gasteiger partial charge on any atom is -0.303 e. The predicted octanol–water partition coefficient (Wildman–Crippen LogP) is 5.26. The molecule has 0 saturated carbocycles. The van der Waals surface area contributed by atoms with E-state index >= 15 is 0 Å². The molecule has 2 aromatic rings. The number of hydrogen-bond acceptors (Lipinski definition) is 5. The molecule has 3 heterocycles. The van der Waals surface area contributed by atoms with Crippen LogP contribution in [0.1, 0.15) is 40.7 Å². The molecule has 0 unspecified atom stereocenters. The maximum atomic E-state index is 13.1. The van der Waals surface area contributed by atoms with Gasteiger partial charge >= 0.3 is 0 Å². The number of ketones is 1. The molecule has 0 radical (unpaired) electrons. The molecular formula is C26H31FN2OS2. The molecule has 3 aliphatic rings. The van der Waals surface area contributed by atoms with E-state index in [4.69, 9.17) is 0 Å². The number of piperidine rings is 1. The van der Waals surface area contributed by atoms with Gasteiger partial charge in [0, 0.05) is 36.1 Å². The summed E-state index contributed by atoms with van der Waals surface area (Å²) >= 11 is 4.27. The smallest absolute Gasteiger partial charge is 0.166 e. The number of halogens is 1. The second kappa shape index (κ2) is 9.88. The van der Waals surface area contributed by atoms with E-state index in [9.17, 15) is 9.18 Å². The third kappa shape index (κ3) is 4.79. The predicted molar refractivity (Wildman–Crippen MR) is 133 cm³/mol.